The van der Waals surface area contributed by atoms with Crippen LogP contribution in [0.2, 0.25) is 0 Å². The van der Waals surface area contributed by atoms with Crippen molar-refractivity contribution < 1.29 is 0 Å². The zero-order chi connectivity index (χ0) is 17.1. The molecule has 7 heteroatoms. The maximum Gasteiger partial charge on any atom is 0.168 e. The Hall–Kier alpha value is -3.61. The molecule has 0 bridgehead atoms. The first kappa shape index (κ1) is 14.9. The number of hydrogen-bond donors (Lipinski definition) is 1. The van der Waals surface area contributed by atoms with E-state index in [9.17, 15) is 0 Å². The predicted octanol–water partition coefficient (Wildman–Crippen LogP) is 2.96. The van der Waals surface area contributed by atoms with Crippen LogP contribution in [0.4, 0.5) is 5.82 Å². The van der Waals surface area contributed by atoms with E-state index in [2.05, 4.69) is 36.6 Å². The smallest absolute Gasteiger partial charge is 0.168 e. The molecular formula is C18H15N7. The highest BCUT2D eigenvalue weighted by atomic mass is 15.3. The first-order valence-electron chi connectivity index (χ1n) is 7.76. The number of anilines is 1. The zero-order valence-corrected chi connectivity index (χ0v) is 13.5. The summed E-state index contributed by atoms with van der Waals surface area (Å²) in [5.41, 5.74) is 6.77. The third kappa shape index (κ3) is 3.07. The van der Waals surface area contributed by atoms with Crippen molar-refractivity contribution in [2.45, 2.75) is 6.92 Å². The van der Waals surface area contributed by atoms with Gasteiger partial charge in [0.15, 0.2) is 11.5 Å². The van der Waals surface area contributed by atoms with E-state index in [0.29, 0.717) is 11.5 Å². The van der Waals surface area contributed by atoms with Crippen LogP contribution in [0.25, 0.3) is 16.7 Å². The summed E-state index contributed by atoms with van der Waals surface area (Å²) < 4.78 is 1.74. The fraction of sp³-hybridized carbons (Fsp3) is 0.0556. The molecule has 0 aliphatic rings. The first-order valence-corrected chi connectivity index (χ1v) is 7.76. The van der Waals surface area contributed by atoms with Crippen LogP contribution in [0, 0.1) is 6.92 Å². The summed E-state index contributed by atoms with van der Waals surface area (Å²) in [6.07, 6.45) is 8.41. The quantitative estimate of drug-likeness (QED) is 0.460. The van der Waals surface area contributed by atoms with Crippen molar-refractivity contribution in [1.29, 1.82) is 0 Å². The second kappa shape index (κ2) is 6.48. The van der Waals surface area contributed by atoms with Crippen molar-refractivity contribution in [3.63, 3.8) is 0 Å². The van der Waals surface area contributed by atoms with Crippen molar-refractivity contribution >= 4 is 23.1 Å². The van der Waals surface area contributed by atoms with E-state index < -0.39 is 0 Å². The number of nitrogens with zero attached hydrogens (tertiary/aromatic N) is 6. The molecule has 0 radical (unpaired) electrons. The van der Waals surface area contributed by atoms with E-state index in [1.807, 2.05) is 37.3 Å². The van der Waals surface area contributed by atoms with Crippen LogP contribution in [0.15, 0.2) is 66.4 Å². The van der Waals surface area contributed by atoms with Gasteiger partial charge in [0.25, 0.3) is 0 Å². The van der Waals surface area contributed by atoms with Gasteiger partial charge in [0.2, 0.25) is 0 Å². The maximum absolute atomic E-state index is 4.40. The predicted molar refractivity (Wildman–Crippen MR) is 96.9 cm³/mol. The molecule has 3 aromatic heterocycles. The van der Waals surface area contributed by atoms with Gasteiger partial charge in [0.05, 0.1) is 23.5 Å². The fourth-order valence-corrected chi connectivity index (χ4v) is 2.53. The van der Waals surface area contributed by atoms with Crippen molar-refractivity contribution in [1.82, 2.24) is 24.7 Å². The van der Waals surface area contributed by atoms with E-state index in [1.165, 1.54) is 11.9 Å². The molecule has 0 saturated carbocycles. The lowest BCUT2D eigenvalue weighted by Crippen LogP contribution is -1.99. The van der Waals surface area contributed by atoms with Crippen LogP contribution in [0.3, 0.4) is 0 Å². The highest BCUT2D eigenvalue weighted by molar-refractivity contribution is 5.88. The molecule has 0 fully saturated rings. The normalized spacial score (nSPS) is 11.2. The van der Waals surface area contributed by atoms with Crippen LogP contribution in [-0.4, -0.2) is 30.9 Å². The van der Waals surface area contributed by atoms with E-state index in [-0.39, 0.29) is 0 Å². The number of nitrogens with one attached hydrogen (secondary N) is 1. The van der Waals surface area contributed by atoms with E-state index >= 15 is 0 Å². The lowest BCUT2D eigenvalue weighted by molar-refractivity contribution is 0.892. The minimum atomic E-state index is 0.606. The number of hydrazone groups is 1. The van der Waals surface area contributed by atoms with Crippen LogP contribution in [-0.2, 0) is 0 Å². The lowest BCUT2D eigenvalue weighted by Gasteiger charge is -2.03. The Morgan fingerprint density at radius 1 is 1.12 bits per heavy atom. The van der Waals surface area contributed by atoms with Gasteiger partial charge >= 0.3 is 0 Å². The molecule has 0 aliphatic carbocycles. The lowest BCUT2D eigenvalue weighted by atomic mass is 10.2. The number of aryl methyl sites for hydroxylation is 1. The van der Waals surface area contributed by atoms with Crippen LogP contribution in [0.5, 0.6) is 0 Å². The van der Waals surface area contributed by atoms with Crippen LogP contribution < -0.4 is 5.43 Å². The molecule has 0 spiro atoms. The summed E-state index contributed by atoms with van der Waals surface area (Å²) in [6, 6.07) is 11.8. The molecule has 7 nitrogen and oxygen atoms in total. The first-order chi connectivity index (χ1) is 12.3. The average Bonchev–Trinajstić information content (AvgIpc) is 3.08. The molecule has 25 heavy (non-hydrogen) atoms. The molecule has 0 unspecified atom stereocenters. The molecule has 0 saturated heterocycles. The van der Waals surface area contributed by atoms with Gasteiger partial charge in [0.1, 0.15) is 6.33 Å². The minimum absolute atomic E-state index is 0.606. The van der Waals surface area contributed by atoms with E-state index in [4.69, 9.17) is 0 Å². The van der Waals surface area contributed by atoms with Crippen LogP contribution >= 0.6 is 0 Å². The summed E-state index contributed by atoms with van der Waals surface area (Å²) in [5.74, 6) is 0.606. The Kier molecular flexibility index (Phi) is 3.88. The molecule has 3 heterocycles. The SMILES string of the molecule is Cc1cccc(C=NNc2ncnc3c2cnn3-c2ccncc2)c1. The summed E-state index contributed by atoms with van der Waals surface area (Å²) in [5, 5.41) is 9.46. The van der Waals surface area contributed by atoms with Crippen molar-refractivity contribution in [3.8, 4) is 5.69 Å². The van der Waals surface area contributed by atoms with E-state index in [0.717, 1.165) is 16.6 Å². The van der Waals surface area contributed by atoms with Gasteiger partial charge in [-0.15, -0.1) is 0 Å². The number of fused-ring (bicyclic) bond motifs is 1. The largest absolute Gasteiger partial charge is 0.265 e. The van der Waals surface area contributed by atoms with Gasteiger partial charge in [0, 0.05) is 12.4 Å². The second-order valence-electron chi connectivity index (χ2n) is 5.51. The van der Waals surface area contributed by atoms with Crippen molar-refractivity contribution in [2.75, 3.05) is 5.43 Å². The maximum atomic E-state index is 4.40. The Balaban J connectivity index is 1.64. The molecule has 4 rings (SSSR count). The second-order valence-corrected chi connectivity index (χ2v) is 5.51. The molecule has 0 aliphatic heterocycles. The number of rotatable bonds is 4. The van der Waals surface area contributed by atoms with Gasteiger partial charge in [-0.05, 0) is 24.6 Å². The fourth-order valence-electron chi connectivity index (χ4n) is 2.53. The molecular weight excluding hydrogens is 314 g/mol. The number of benzene rings is 1. The highest BCUT2D eigenvalue weighted by Gasteiger charge is 2.10. The summed E-state index contributed by atoms with van der Waals surface area (Å²) in [4.78, 5) is 12.6. The van der Waals surface area contributed by atoms with Gasteiger partial charge in [-0.25, -0.2) is 14.6 Å². The van der Waals surface area contributed by atoms with Crippen LogP contribution in [0.1, 0.15) is 11.1 Å². The zero-order valence-electron chi connectivity index (χ0n) is 13.5. The Morgan fingerprint density at radius 3 is 2.84 bits per heavy atom. The summed E-state index contributed by atoms with van der Waals surface area (Å²) >= 11 is 0. The van der Waals surface area contributed by atoms with Gasteiger partial charge in [-0.2, -0.15) is 10.2 Å². The van der Waals surface area contributed by atoms with Gasteiger partial charge < -0.3 is 0 Å². The third-order valence-electron chi connectivity index (χ3n) is 3.70. The number of aromatic nitrogens is 5. The summed E-state index contributed by atoms with van der Waals surface area (Å²) in [6.45, 7) is 2.05. The van der Waals surface area contributed by atoms with Crippen molar-refractivity contribution in [3.05, 3.63) is 72.4 Å². The van der Waals surface area contributed by atoms with Crippen molar-refractivity contribution in [2.24, 2.45) is 5.10 Å². The number of pyridine rings is 1. The minimum Gasteiger partial charge on any atom is -0.265 e. The summed E-state index contributed by atoms with van der Waals surface area (Å²) in [7, 11) is 0. The molecule has 1 aromatic carbocycles. The van der Waals surface area contributed by atoms with E-state index in [1.54, 1.807) is 29.5 Å². The molecule has 0 amide bonds. The Morgan fingerprint density at radius 2 is 2.00 bits per heavy atom. The molecule has 1 N–H and O–H groups in total. The molecule has 122 valence electrons. The molecule has 4 aromatic rings. The Labute approximate surface area is 144 Å². The monoisotopic (exact) mass is 329 g/mol. The Bertz CT molecular complexity index is 1040. The highest BCUT2D eigenvalue weighted by Crippen LogP contribution is 2.21. The number of hydrogen-bond acceptors (Lipinski definition) is 6. The standard InChI is InChI=1S/C18H15N7/c1-13-3-2-4-14(9-13)10-22-24-17-16-11-23-25(18(16)21-12-20-17)15-5-7-19-8-6-15/h2-12H,1H3,(H,20,21,24). The van der Waals surface area contributed by atoms with Gasteiger partial charge in [-0.3, -0.25) is 10.4 Å². The average molecular weight is 329 g/mol. The molecule has 0 atom stereocenters. The topological polar surface area (TPSA) is 80.9 Å². The third-order valence-corrected chi connectivity index (χ3v) is 3.70. The van der Waals surface area contributed by atoms with Gasteiger partial charge in [-0.1, -0.05) is 29.8 Å².